The summed E-state index contributed by atoms with van der Waals surface area (Å²) >= 11 is 0. The van der Waals surface area contributed by atoms with Crippen LogP contribution in [0, 0.1) is 0 Å². The van der Waals surface area contributed by atoms with E-state index in [1.807, 2.05) is 19.9 Å². The van der Waals surface area contributed by atoms with Gasteiger partial charge in [-0.2, -0.15) is 5.10 Å². The summed E-state index contributed by atoms with van der Waals surface area (Å²) in [4.78, 5) is 16.0. The van der Waals surface area contributed by atoms with Crippen LogP contribution in [0.25, 0.3) is 0 Å². The summed E-state index contributed by atoms with van der Waals surface area (Å²) < 4.78 is 6.94. The van der Waals surface area contributed by atoms with Crippen LogP contribution in [0.3, 0.4) is 0 Å². The highest BCUT2D eigenvalue weighted by Crippen LogP contribution is 2.15. The molecule has 0 aliphatic heterocycles. The molecule has 20 heavy (non-hydrogen) atoms. The van der Waals surface area contributed by atoms with Gasteiger partial charge in [-0.05, 0) is 26.0 Å². The number of carbonyl (C=O) groups is 1. The molecule has 0 aliphatic carbocycles. The SMILES string of the molecule is COc1cnccc1CNC(=O)c1ccn(C(C)C)n1. The molecule has 0 radical (unpaired) electrons. The Hall–Kier alpha value is -2.37. The van der Waals surface area contributed by atoms with Crippen molar-refractivity contribution >= 4 is 5.91 Å². The monoisotopic (exact) mass is 274 g/mol. The van der Waals surface area contributed by atoms with Crippen molar-refractivity contribution in [2.24, 2.45) is 0 Å². The molecule has 0 saturated heterocycles. The standard InChI is InChI=1S/C14H18N4O2/c1-10(2)18-7-5-12(17-18)14(19)16-8-11-4-6-15-9-13(11)20-3/h4-7,9-10H,8H2,1-3H3,(H,16,19). The van der Waals surface area contributed by atoms with Gasteiger partial charge in [0.25, 0.3) is 5.91 Å². The Kier molecular flexibility index (Phi) is 4.34. The third-order valence-electron chi connectivity index (χ3n) is 2.90. The Bertz CT molecular complexity index is 592. The van der Waals surface area contributed by atoms with Crippen LogP contribution in [0.5, 0.6) is 5.75 Å². The molecule has 6 heteroatoms. The first kappa shape index (κ1) is 14.0. The Morgan fingerprint density at radius 1 is 1.45 bits per heavy atom. The molecule has 1 amide bonds. The van der Waals surface area contributed by atoms with Gasteiger partial charge in [-0.15, -0.1) is 0 Å². The zero-order valence-corrected chi connectivity index (χ0v) is 11.8. The van der Waals surface area contributed by atoms with E-state index in [4.69, 9.17) is 4.74 Å². The Morgan fingerprint density at radius 2 is 2.25 bits per heavy atom. The molecule has 106 valence electrons. The van der Waals surface area contributed by atoms with Crippen molar-refractivity contribution in [3.8, 4) is 5.75 Å². The molecule has 0 unspecified atom stereocenters. The van der Waals surface area contributed by atoms with Crippen LogP contribution in [0.15, 0.2) is 30.7 Å². The summed E-state index contributed by atoms with van der Waals surface area (Å²) in [6.45, 7) is 4.39. The Labute approximate surface area is 117 Å². The van der Waals surface area contributed by atoms with E-state index in [0.29, 0.717) is 18.0 Å². The summed E-state index contributed by atoms with van der Waals surface area (Å²) in [6, 6.07) is 3.75. The molecule has 2 heterocycles. The highest BCUT2D eigenvalue weighted by atomic mass is 16.5. The average Bonchev–Trinajstić information content (AvgIpc) is 2.95. The highest BCUT2D eigenvalue weighted by Gasteiger charge is 2.11. The third kappa shape index (κ3) is 3.14. The van der Waals surface area contributed by atoms with E-state index in [2.05, 4.69) is 15.4 Å². The number of methoxy groups -OCH3 is 1. The number of pyridine rings is 1. The maximum Gasteiger partial charge on any atom is 0.272 e. The van der Waals surface area contributed by atoms with Gasteiger partial charge in [0, 0.05) is 30.5 Å². The lowest BCUT2D eigenvalue weighted by atomic mass is 10.2. The fourth-order valence-corrected chi connectivity index (χ4v) is 1.75. The number of amides is 1. The van der Waals surface area contributed by atoms with E-state index < -0.39 is 0 Å². The van der Waals surface area contributed by atoms with Crippen LogP contribution in [-0.2, 0) is 6.54 Å². The number of hydrogen-bond donors (Lipinski definition) is 1. The molecule has 0 spiro atoms. The van der Waals surface area contributed by atoms with Crippen LogP contribution in [0.1, 0.15) is 35.9 Å². The Balaban J connectivity index is 2.01. The molecule has 0 atom stereocenters. The van der Waals surface area contributed by atoms with Crippen molar-refractivity contribution in [1.82, 2.24) is 20.1 Å². The van der Waals surface area contributed by atoms with Crippen LogP contribution < -0.4 is 10.1 Å². The minimum atomic E-state index is -0.205. The van der Waals surface area contributed by atoms with Crippen molar-refractivity contribution in [3.05, 3.63) is 42.0 Å². The summed E-state index contributed by atoms with van der Waals surface area (Å²) in [5.41, 5.74) is 1.28. The van der Waals surface area contributed by atoms with Gasteiger partial charge in [-0.1, -0.05) is 0 Å². The number of nitrogens with one attached hydrogen (secondary N) is 1. The lowest BCUT2D eigenvalue weighted by Gasteiger charge is -2.08. The third-order valence-corrected chi connectivity index (χ3v) is 2.90. The molecule has 0 fully saturated rings. The number of aromatic nitrogens is 3. The zero-order valence-electron chi connectivity index (χ0n) is 11.8. The summed E-state index contributed by atoms with van der Waals surface area (Å²) in [7, 11) is 1.58. The first-order chi connectivity index (χ1) is 9.61. The van der Waals surface area contributed by atoms with E-state index >= 15 is 0 Å². The number of hydrogen-bond acceptors (Lipinski definition) is 4. The van der Waals surface area contributed by atoms with Crippen LogP contribution >= 0.6 is 0 Å². The molecule has 0 saturated carbocycles. The zero-order chi connectivity index (χ0) is 14.5. The second kappa shape index (κ2) is 6.18. The molecule has 2 rings (SSSR count). The number of carbonyl (C=O) groups excluding carboxylic acids is 1. The van der Waals surface area contributed by atoms with Gasteiger partial charge in [0.05, 0.1) is 13.3 Å². The molecule has 0 aliphatic rings. The van der Waals surface area contributed by atoms with Crippen molar-refractivity contribution in [2.75, 3.05) is 7.11 Å². The normalized spacial score (nSPS) is 10.6. The molecule has 1 N–H and O–H groups in total. The van der Waals surface area contributed by atoms with Crippen LogP contribution in [0.2, 0.25) is 0 Å². The molecule has 0 bridgehead atoms. The Morgan fingerprint density at radius 3 is 2.90 bits per heavy atom. The molecule has 6 nitrogen and oxygen atoms in total. The quantitative estimate of drug-likeness (QED) is 0.902. The first-order valence-corrected chi connectivity index (χ1v) is 6.42. The van der Waals surface area contributed by atoms with Crippen molar-refractivity contribution in [3.63, 3.8) is 0 Å². The number of ether oxygens (including phenoxy) is 1. The lowest BCUT2D eigenvalue weighted by Crippen LogP contribution is -2.23. The van der Waals surface area contributed by atoms with Gasteiger partial charge in [0.1, 0.15) is 11.4 Å². The van der Waals surface area contributed by atoms with Gasteiger partial charge in [0.2, 0.25) is 0 Å². The predicted octanol–water partition coefficient (Wildman–Crippen LogP) is 1.80. The van der Waals surface area contributed by atoms with Gasteiger partial charge in [-0.3, -0.25) is 14.5 Å². The second-order valence-electron chi connectivity index (χ2n) is 4.64. The summed E-state index contributed by atoms with van der Waals surface area (Å²) in [5.74, 6) is 0.448. The van der Waals surface area contributed by atoms with E-state index in [-0.39, 0.29) is 11.9 Å². The van der Waals surface area contributed by atoms with Crippen molar-refractivity contribution in [1.29, 1.82) is 0 Å². The van der Waals surface area contributed by atoms with Crippen molar-refractivity contribution < 1.29 is 9.53 Å². The first-order valence-electron chi connectivity index (χ1n) is 6.42. The van der Waals surface area contributed by atoms with E-state index in [1.165, 1.54) is 0 Å². The second-order valence-corrected chi connectivity index (χ2v) is 4.64. The molecule has 2 aromatic heterocycles. The minimum absolute atomic E-state index is 0.205. The van der Waals surface area contributed by atoms with Crippen LogP contribution in [0.4, 0.5) is 0 Å². The summed E-state index contributed by atoms with van der Waals surface area (Å²) in [6.07, 6.45) is 5.08. The smallest absolute Gasteiger partial charge is 0.272 e. The van der Waals surface area contributed by atoms with Crippen LogP contribution in [-0.4, -0.2) is 27.8 Å². The van der Waals surface area contributed by atoms with Gasteiger partial charge in [0.15, 0.2) is 0 Å². The fraction of sp³-hybridized carbons (Fsp3) is 0.357. The van der Waals surface area contributed by atoms with Crippen molar-refractivity contribution in [2.45, 2.75) is 26.4 Å². The highest BCUT2D eigenvalue weighted by molar-refractivity contribution is 5.92. The molecule has 0 aromatic carbocycles. The largest absolute Gasteiger partial charge is 0.495 e. The van der Waals surface area contributed by atoms with Gasteiger partial charge >= 0.3 is 0 Å². The van der Waals surface area contributed by atoms with E-state index in [9.17, 15) is 4.79 Å². The van der Waals surface area contributed by atoms with E-state index in [0.717, 1.165) is 5.56 Å². The topological polar surface area (TPSA) is 69.0 Å². The summed E-state index contributed by atoms with van der Waals surface area (Å²) in [5, 5.41) is 7.05. The van der Waals surface area contributed by atoms with Gasteiger partial charge < -0.3 is 10.1 Å². The van der Waals surface area contributed by atoms with Gasteiger partial charge in [-0.25, -0.2) is 0 Å². The number of nitrogens with zero attached hydrogens (tertiary/aromatic N) is 3. The average molecular weight is 274 g/mol. The molecule has 2 aromatic rings. The minimum Gasteiger partial charge on any atom is -0.495 e. The maximum atomic E-state index is 12.0. The predicted molar refractivity (Wildman–Crippen MR) is 74.6 cm³/mol. The fourth-order valence-electron chi connectivity index (χ4n) is 1.75. The maximum absolute atomic E-state index is 12.0. The van der Waals surface area contributed by atoms with E-state index in [1.54, 1.807) is 36.4 Å². The lowest BCUT2D eigenvalue weighted by molar-refractivity contribution is 0.0944. The molecular weight excluding hydrogens is 256 g/mol. The molecular formula is C14H18N4O2. The number of rotatable bonds is 5.